The van der Waals surface area contributed by atoms with Gasteiger partial charge in [-0.15, -0.1) is 13.2 Å². The third-order valence-corrected chi connectivity index (χ3v) is 3.67. The lowest BCUT2D eigenvalue weighted by molar-refractivity contribution is 0.185. The van der Waals surface area contributed by atoms with Crippen molar-refractivity contribution in [3.63, 3.8) is 0 Å². The number of allylic oxidation sites excluding steroid dienone is 2. The Morgan fingerprint density at radius 1 is 1.05 bits per heavy atom. The molecule has 2 heteroatoms. The summed E-state index contributed by atoms with van der Waals surface area (Å²) in [5, 5.41) is 2.37. The Hall–Kier alpha value is -2.48. The summed E-state index contributed by atoms with van der Waals surface area (Å²) < 4.78 is 6.26. The lowest BCUT2D eigenvalue weighted by atomic mass is 9.98. The third kappa shape index (κ3) is 2.45. The molecule has 0 saturated carbocycles. The molecule has 0 spiro atoms. The molecule has 0 aromatic heterocycles. The Labute approximate surface area is 125 Å². The summed E-state index contributed by atoms with van der Waals surface area (Å²) in [6.07, 6.45) is 12.1. The van der Waals surface area contributed by atoms with E-state index in [4.69, 9.17) is 4.74 Å². The number of ether oxygens (including phenoxy) is 1. The molecule has 1 heterocycles. The maximum atomic E-state index is 6.26. The van der Waals surface area contributed by atoms with Gasteiger partial charge < -0.3 is 9.64 Å². The van der Waals surface area contributed by atoms with E-state index in [-0.39, 0.29) is 6.10 Å². The summed E-state index contributed by atoms with van der Waals surface area (Å²) >= 11 is 0. The van der Waals surface area contributed by atoms with Crippen LogP contribution in [-0.2, 0) is 4.74 Å². The van der Waals surface area contributed by atoms with E-state index in [0.29, 0.717) is 0 Å². The molecule has 0 bridgehead atoms. The van der Waals surface area contributed by atoms with Gasteiger partial charge in [-0.3, -0.25) is 0 Å². The van der Waals surface area contributed by atoms with Crippen molar-refractivity contribution in [1.29, 1.82) is 0 Å². The van der Waals surface area contributed by atoms with Gasteiger partial charge in [0.05, 0.1) is 0 Å². The standard InChI is InChI=1S/C19H19NO/c1-3-13-20(14-4-2)19-17-11-6-5-9-15(17)16-10-7-8-12-18(16)21-19/h3-12,18H,1-2,13-14H2. The molecule has 0 N–H and O–H groups in total. The van der Waals surface area contributed by atoms with Crippen LogP contribution in [0.2, 0.25) is 0 Å². The fourth-order valence-corrected chi connectivity index (χ4v) is 2.77. The lowest BCUT2D eigenvalue weighted by Gasteiger charge is -2.31. The molecule has 106 valence electrons. The van der Waals surface area contributed by atoms with Crippen LogP contribution in [0, 0.1) is 0 Å². The zero-order valence-electron chi connectivity index (χ0n) is 12.0. The predicted octanol–water partition coefficient (Wildman–Crippen LogP) is 2.10. The topological polar surface area (TPSA) is 12.5 Å². The second-order valence-corrected chi connectivity index (χ2v) is 5.07. The summed E-state index contributed by atoms with van der Waals surface area (Å²) in [5.41, 5.74) is 1.22. The van der Waals surface area contributed by atoms with Crippen LogP contribution in [0.5, 0.6) is 0 Å². The smallest absolute Gasteiger partial charge is 0.198 e. The number of nitrogens with zero attached hydrogens (tertiary/aromatic N) is 1. The second kappa shape index (κ2) is 5.88. The van der Waals surface area contributed by atoms with Gasteiger partial charge in [0.15, 0.2) is 5.88 Å². The minimum absolute atomic E-state index is 0.0166. The molecule has 2 nitrogen and oxygen atoms in total. The fourth-order valence-electron chi connectivity index (χ4n) is 2.77. The first-order valence-corrected chi connectivity index (χ1v) is 7.17. The van der Waals surface area contributed by atoms with Gasteiger partial charge in [0.25, 0.3) is 0 Å². The Morgan fingerprint density at radius 2 is 1.76 bits per heavy atom. The van der Waals surface area contributed by atoms with Crippen LogP contribution in [0.25, 0.3) is 11.5 Å². The first-order valence-electron chi connectivity index (χ1n) is 7.17. The highest BCUT2D eigenvalue weighted by Crippen LogP contribution is 2.22. The maximum absolute atomic E-state index is 6.26. The largest absolute Gasteiger partial charge is 0.466 e. The first kappa shape index (κ1) is 13.5. The maximum Gasteiger partial charge on any atom is 0.198 e. The van der Waals surface area contributed by atoms with Crippen LogP contribution in [0.1, 0.15) is 0 Å². The quantitative estimate of drug-likeness (QED) is 0.764. The Balaban J connectivity index is 2.24. The zero-order valence-corrected chi connectivity index (χ0v) is 12.0. The number of rotatable bonds is 5. The highest BCUT2D eigenvalue weighted by molar-refractivity contribution is 5.68. The first-order chi connectivity index (χ1) is 10.3. The van der Waals surface area contributed by atoms with Crippen molar-refractivity contribution < 1.29 is 4.74 Å². The van der Waals surface area contributed by atoms with Crippen LogP contribution in [-0.4, -0.2) is 24.1 Å². The van der Waals surface area contributed by atoms with Crippen molar-refractivity contribution in [3.8, 4) is 0 Å². The van der Waals surface area contributed by atoms with Crippen LogP contribution < -0.4 is 10.4 Å². The number of hydrogen-bond donors (Lipinski definition) is 0. The van der Waals surface area contributed by atoms with E-state index in [9.17, 15) is 0 Å². The second-order valence-electron chi connectivity index (χ2n) is 5.07. The lowest BCUT2D eigenvalue weighted by Crippen LogP contribution is -2.43. The average Bonchev–Trinajstić information content (AvgIpc) is 2.54. The van der Waals surface area contributed by atoms with Crippen LogP contribution >= 0.6 is 0 Å². The van der Waals surface area contributed by atoms with E-state index in [1.165, 1.54) is 10.8 Å². The third-order valence-electron chi connectivity index (χ3n) is 3.67. The molecule has 1 aliphatic heterocycles. The monoisotopic (exact) mass is 277 g/mol. The Bertz CT molecular complexity index is 729. The normalized spacial score (nSPS) is 18.6. The molecular formula is C19H19NO. The summed E-state index contributed by atoms with van der Waals surface area (Å²) in [6.45, 7) is 9.15. The van der Waals surface area contributed by atoms with Gasteiger partial charge in [0.2, 0.25) is 0 Å². The van der Waals surface area contributed by atoms with E-state index >= 15 is 0 Å². The highest BCUT2D eigenvalue weighted by Gasteiger charge is 2.23. The van der Waals surface area contributed by atoms with Crippen LogP contribution in [0.15, 0.2) is 73.9 Å². The Morgan fingerprint density at radius 3 is 2.48 bits per heavy atom. The van der Waals surface area contributed by atoms with Crippen molar-refractivity contribution in [2.45, 2.75) is 6.10 Å². The molecule has 0 radical (unpaired) electrons. The zero-order chi connectivity index (χ0) is 14.7. The number of fused-ring (bicyclic) bond motifs is 2. The van der Waals surface area contributed by atoms with Gasteiger partial charge in [0, 0.05) is 23.9 Å². The summed E-state index contributed by atoms with van der Waals surface area (Å²) in [4.78, 5) is 2.15. The van der Waals surface area contributed by atoms with Crippen LogP contribution in [0.4, 0.5) is 0 Å². The van der Waals surface area contributed by atoms with Crippen molar-refractivity contribution in [2.75, 3.05) is 13.1 Å². The SMILES string of the molecule is C=CCN(CC=C)C1=c2ccccc2=C2C=CC=CC2O1. The fraction of sp³-hybridized carbons (Fsp3) is 0.158. The predicted molar refractivity (Wildman–Crippen MR) is 87.6 cm³/mol. The van der Waals surface area contributed by atoms with Gasteiger partial charge in [-0.2, -0.15) is 0 Å². The van der Waals surface area contributed by atoms with E-state index in [0.717, 1.165) is 24.2 Å². The summed E-state index contributed by atoms with van der Waals surface area (Å²) in [7, 11) is 0. The molecule has 1 aromatic rings. The molecule has 1 unspecified atom stereocenters. The van der Waals surface area contributed by atoms with Gasteiger partial charge >= 0.3 is 0 Å². The summed E-state index contributed by atoms with van der Waals surface area (Å²) in [6, 6.07) is 8.39. The minimum Gasteiger partial charge on any atom is -0.466 e. The van der Waals surface area contributed by atoms with Crippen molar-refractivity contribution in [1.82, 2.24) is 4.90 Å². The van der Waals surface area contributed by atoms with E-state index < -0.39 is 0 Å². The molecular weight excluding hydrogens is 258 g/mol. The molecule has 1 aromatic carbocycles. The molecule has 0 saturated heterocycles. The van der Waals surface area contributed by atoms with E-state index in [2.05, 4.69) is 54.5 Å². The Kier molecular flexibility index (Phi) is 3.78. The average molecular weight is 277 g/mol. The van der Waals surface area contributed by atoms with Crippen molar-refractivity contribution in [3.05, 3.63) is 84.3 Å². The molecule has 21 heavy (non-hydrogen) atoms. The van der Waals surface area contributed by atoms with Crippen molar-refractivity contribution >= 4 is 11.5 Å². The molecule has 2 aliphatic rings. The number of hydrogen-bond acceptors (Lipinski definition) is 2. The highest BCUT2D eigenvalue weighted by atomic mass is 16.5. The van der Waals surface area contributed by atoms with Gasteiger partial charge in [0.1, 0.15) is 6.10 Å². The van der Waals surface area contributed by atoms with E-state index in [1.54, 1.807) is 0 Å². The molecule has 0 fully saturated rings. The number of benzene rings is 1. The van der Waals surface area contributed by atoms with Crippen LogP contribution in [0.3, 0.4) is 0 Å². The van der Waals surface area contributed by atoms with Gasteiger partial charge in [-0.25, -0.2) is 0 Å². The molecule has 0 amide bonds. The summed E-state index contributed by atoms with van der Waals surface area (Å²) in [5.74, 6) is 0.902. The van der Waals surface area contributed by atoms with Gasteiger partial charge in [-0.05, 0) is 17.4 Å². The molecule has 3 rings (SSSR count). The minimum atomic E-state index is -0.0166. The van der Waals surface area contributed by atoms with Crippen molar-refractivity contribution in [2.24, 2.45) is 0 Å². The van der Waals surface area contributed by atoms with E-state index in [1.807, 2.05) is 24.3 Å². The molecule has 1 atom stereocenters. The van der Waals surface area contributed by atoms with Gasteiger partial charge in [-0.1, -0.05) is 48.6 Å². The molecule has 1 aliphatic carbocycles.